The molecule has 24 heavy (non-hydrogen) atoms. The molecule has 7 nitrogen and oxygen atoms in total. The maximum absolute atomic E-state index is 12.1. The molecule has 0 aliphatic heterocycles. The van der Waals surface area contributed by atoms with E-state index in [9.17, 15) is 24.8 Å². The summed E-state index contributed by atoms with van der Waals surface area (Å²) in [5.74, 6) is -2.13. The molecule has 0 bridgehead atoms. The van der Waals surface area contributed by atoms with Crippen LogP contribution in [0, 0.1) is 10.1 Å². The van der Waals surface area contributed by atoms with Crippen molar-refractivity contribution >= 4 is 23.1 Å². The third-order valence-electron chi connectivity index (χ3n) is 3.36. The fraction of sp³-hybridized carbons (Fsp3) is 0.0588. The number of carboxylic acid groups (broad SMARTS) is 1. The fourth-order valence-electron chi connectivity index (χ4n) is 2.05. The molecule has 0 heterocycles. The van der Waals surface area contributed by atoms with Crippen LogP contribution in [0.5, 0.6) is 0 Å². The molecule has 0 aliphatic carbocycles. The summed E-state index contributed by atoms with van der Waals surface area (Å²) in [4.78, 5) is 33.6. The predicted octanol–water partition coefficient (Wildman–Crippen LogP) is 1.51. The van der Waals surface area contributed by atoms with Crippen LogP contribution in [0.25, 0.3) is 5.57 Å². The van der Waals surface area contributed by atoms with E-state index in [0.717, 1.165) is 0 Å². The summed E-state index contributed by atoms with van der Waals surface area (Å²) in [7, 11) is 0. The Morgan fingerprint density at radius 3 is 2.04 bits per heavy atom. The number of amides is 1. The topological polar surface area (TPSA) is 112 Å². The van der Waals surface area contributed by atoms with Gasteiger partial charge in [-0.1, -0.05) is 18.2 Å². The van der Waals surface area contributed by atoms with Gasteiger partial charge < -0.3 is 15.2 Å². The number of nitrogens with one attached hydrogen (secondary N) is 1. The first-order valence-corrected chi connectivity index (χ1v) is 6.93. The summed E-state index contributed by atoms with van der Waals surface area (Å²) >= 11 is 0. The van der Waals surface area contributed by atoms with Gasteiger partial charge in [0.1, 0.15) is 0 Å². The maximum atomic E-state index is 12.1. The number of nitro benzene ring substituents is 1. The average Bonchev–Trinajstić information content (AvgIpc) is 2.59. The summed E-state index contributed by atoms with van der Waals surface area (Å²) in [6, 6.07) is 13.5. The lowest BCUT2D eigenvalue weighted by Crippen LogP contribution is -2.36. The lowest BCUT2D eigenvalue weighted by atomic mass is 10.0. The van der Waals surface area contributed by atoms with Crippen LogP contribution in [0.3, 0.4) is 0 Å². The second kappa shape index (κ2) is 7.19. The Labute approximate surface area is 137 Å². The summed E-state index contributed by atoms with van der Waals surface area (Å²) in [6.45, 7) is 1.48. The minimum Gasteiger partial charge on any atom is -0.543 e. The van der Waals surface area contributed by atoms with Crippen molar-refractivity contribution in [1.29, 1.82) is 0 Å². The summed E-state index contributed by atoms with van der Waals surface area (Å²) in [5.41, 5.74) is 0.447. The standard InChI is InChI=1S/C17H14N2O5/c1-11(12-7-9-14(10-8-12)19(23)24)15(17(21)22)18-16(20)13-5-3-2-4-6-13/h2-10H,1H3,(H,18,20)(H,21,22)/p-1/b15-11-. The van der Waals surface area contributed by atoms with Crippen molar-refractivity contribution in [3.8, 4) is 0 Å². The molecule has 0 atom stereocenters. The SMILES string of the molecule is C/C(=C(/NC(=O)c1ccccc1)C(=O)[O-])c1ccc([N+](=O)[O-])cc1. The Hall–Kier alpha value is -3.48. The number of non-ortho nitro benzene ring substituents is 1. The van der Waals surface area contributed by atoms with E-state index in [0.29, 0.717) is 11.1 Å². The molecular formula is C17H13N2O5-. The van der Waals surface area contributed by atoms with E-state index < -0.39 is 22.5 Å². The number of nitrogens with zero attached hydrogens (tertiary/aromatic N) is 1. The van der Waals surface area contributed by atoms with E-state index in [2.05, 4.69) is 5.32 Å². The molecule has 0 saturated heterocycles. The van der Waals surface area contributed by atoms with Crippen LogP contribution in [-0.2, 0) is 4.79 Å². The van der Waals surface area contributed by atoms with Crippen molar-refractivity contribution in [3.05, 3.63) is 81.5 Å². The van der Waals surface area contributed by atoms with Crippen LogP contribution in [-0.4, -0.2) is 16.8 Å². The van der Waals surface area contributed by atoms with Crippen LogP contribution in [0.15, 0.2) is 60.3 Å². The van der Waals surface area contributed by atoms with Crippen LogP contribution in [0.1, 0.15) is 22.8 Å². The van der Waals surface area contributed by atoms with Gasteiger partial charge in [-0.15, -0.1) is 0 Å². The minimum atomic E-state index is -1.55. The van der Waals surface area contributed by atoms with Gasteiger partial charge in [-0.2, -0.15) is 0 Å². The second-order valence-corrected chi connectivity index (χ2v) is 4.91. The van der Waals surface area contributed by atoms with Crippen molar-refractivity contribution in [3.63, 3.8) is 0 Å². The highest BCUT2D eigenvalue weighted by Crippen LogP contribution is 2.20. The molecule has 7 heteroatoms. The monoisotopic (exact) mass is 325 g/mol. The van der Waals surface area contributed by atoms with E-state index in [1.54, 1.807) is 30.3 Å². The molecule has 0 radical (unpaired) electrons. The molecule has 0 fully saturated rings. The quantitative estimate of drug-likeness (QED) is 0.508. The van der Waals surface area contributed by atoms with Gasteiger partial charge in [-0.05, 0) is 42.3 Å². The zero-order valence-corrected chi connectivity index (χ0v) is 12.7. The number of hydrogen-bond acceptors (Lipinski definition) is 5. The molecule has 2 rings (SSSR count). The van der Waals surface area contributed by atoms with Crippen LogP contribution in [0.2, 0.25) is 0 Å². The molecule has 0 aromatic heterocycles. The molecule has 1 amide bonds. The Morgan fingerprint density at radius 2 is 1.54 bits per heavy atom. The smallest absolute Gasteiger partial charge is 0.269 e. The van der Waals surface area contributed by atoms with Crippen LogP contribution < -0.4 is 10.4 Å². The predicted molar refractivity (Wildman–Crippen MR) is 84.6 cm³/mol. The molecular weight excluding hydrogens is 312 g/mol. The molecule has 1 N–H and O–H groups in total. The lowest BCUT2D eigenvalue weighted by Gasteiger charge is -2.15. The number of rotatable bonds is 5. The highest BCUT2D eigenvalue weighted by molar-refractivity contribution is 6.03. The largest absolute Gasteiger partial charge is 0.543 e. The lowest BCUT2D eigenvalue weighted by molar-refractivity contribution is -0.384. The Kier molecular flexibility index (Phi) is 5.06. The zero-order chi connectivity index (χ0) is 17.7. The Morgan fingerprint density at radius 1 is 0.958 bits per heavy atom. The van der Waals surface area contributed by atoms with Gasteiger partial charge in [0, 0.05) is 17.7 Å². The van der Waals surface area contributed by atoms with Crippen LogP contribution >= 0.6 is 0 Å². The van der Waals surface area contributed by atoms with Gasteiger partial charge in [-0.3, -0.25) is 14.9 Å². The number of hydrogen-bond donors (Lipinski definition) is 1. The fourth-order valence-corrected chi connectivity index (χ4v) is 2.05. The van der Waals surface area contributed by atoms with Gasteiger partial charge in [0.15, 0.2) is 0 Å². The van der Waals surface area contributed by atoms with E-state index in [-0.39, 0.29) is 11.3 Å². The van der Waals surface area contributed by atoms with E-state index in [4.69, 9.17) is 0 Å². The van der Waals surface area contributed by atoms with Crippen molar-refractivity contribution in [2.45, 2.75) is 6.92 Å². The maximum Gasteiger partial charge on any atom is 0.269 e. The zero-order valence-electron chi connectivity index (χ0n) is 12.7. The first-order valence-electron chi connectivity index (χ1n) is 6.93. The molecule has 0 unspecified atom stereocenters. The van der Waals surface area contributed by atoms with Crippen molar-refractivity contribution in [1.82, 2.24) is 5.32 Å². The first-order chi connectivity index (χ1) is 11.4. The van der Waals surface area contributed by atoms with Gasteiger partial charge in [0.2, 0.25) is 0 Å². The highest BCUT2D eigenvalue weighted by Gasteiger charge is 2.13. The number of nitro groups is 1. The van der Waals surface area contributed by atoms with Gasteiger partial charge in [-0.25, -0.2) is 0 Å². The van der Waals surface area contributed by atoms with Gasteiger partial charge >= 0.3 is 0 Å². The summed E-state index contributed by atoms with van der Waals surface area (Å²) < 4.78 is 0. The number of carboxylic acids is 1. The van der Waals surface area contributed by atoms with Gasteiger partial charge in [0.05, 0.1) is 16.6 Å². The van der Waals surface area contributed by atoms with E-state index in [1.807, 2.05) is 0 Å². The minimum absolute atomic E-state index is 0.116. The number of aliphatic carboxylic acids is 1. The number of allylic oxidation sites excluding steroid dienone is 1. The van der Waals surface area contributed by atoms with Crippen molar-refractivity contribution in [2.75, 3.05) is 0 Å². The van der Waals surface area contributed by atoms with Crippen LogP contribution in [0.4, 0.5) is 5.69 Å². The Bertz CT molecular complexity index is 811. The highest BCUT2D eigenvalue weighted by atomic mass is 16.6. The third kappa shape index (κ3) is 3.83. The third-order valence-corrected chi connectivity index (χ3v) is 3.36. The number of benzene rings is 2. The molecule has 0 spiro atoms. The van der Waals surface area contributed by atoms with Gasteiger partial charge in [0.25, 0.3) is 11.6 Å². The summed E-state index contributed by atoms with van der Waals surface area (Å²) in [6.07, 6.45) is 0. The van der Waals surface area contributed by atoms with E-state index >= 15 is 0 Å². The Balaban J connectivity index is 2.34. The molecule has 0 saturated carbocycles. The number of carbonyl (C=O) groups excluding carboxylic acids is 2. The van der Waals surface area contributed by atoms with Crippen molar-refractivity contribution < 1.29 is 19.6 Å². The second-order valence-electron chi connectivity index (χ2n) is 4.91. The number of carbonyl (C=O) groups is 2. The average molecular weight is 325 g/mol. The molecule has 0 aliphatic rings. The summed E-state index contributed by atoms with van der Waals surface area (Å²) in [5, 5.41) is 24.3. The molecule has 2 aromatic carbocycles. The molecule has 122 valence electrons. The normalized spacial score (nSPS) is 11.4. The molecule has 2 aromatic rings. The first kappa shape index (κ1) is 16.9. The van der Waals surface area contributed by atoms with Crippen molar-refractivity contribution in [2.24, 2.45) is 0 Å². The van der Waals surface area contributed by atoms with E-state index in [1.165, 1.54) is 31.2 Å².